The number of aromatic nitrogens is 2. The Balaban J connectivity index is 1.71. The molecule has 0 bridgehead atoms. The van der Waals surface area contributed by atoms with Crippen LogP contribution < -0.4 is 0 Å². The highest BCUT2D eigenvalue weighted by Gasteiger charge is 2.30. The third kappa shape index (κ3) is 3.45. The van der Waals surface area contributed by atoms with Gasteiger partial charge in [0.2, 0.25) is 0 Å². The first-order valence-electron chi connectivity index (χ1n) is 8.93. The Morgan fingerprint density at radius 3 is 2.46 bits per heavy atom. The highest BCUT2D eigenvalue weighted by atomic mass is 16.3. The average Bonchev–Trinajstić information content (AvgIpc) is 2.92. The molecule has 3 heterocycles. The zero-order chi connectivity index (χ0) is 17.1. The highest BCUT2D eigenvalue weighted by Crippen LogP contribution is 2.20. The Morgan fingerprint density at radius 2 is 1.75 bits per heavy atom. The molecule has 132 valence electrons. The van der Waals surface area contributed by atoms with E-state index in [1.54, 1.807) is 9.80 Å². The van der Waals surface area contributed by atoms with Crippen molar-refractivity contribution in [2.45, 2.75) is 58.2 Å². The number of amides is 2. The number of aliphatic hydroxyl groups excluding tert-OH is 1. The van der Waals surface area contributed by atoms with Gasteiger partial charge in [-0.25, -0.2) is 0 Å². The lowest BCUT2D eigenvalue weighted by Crippen LogP contribution is -2.46. The van der Waals surface area contributed by atoms with Crippen LogP contribution in [0.3, 0.4) is 0 Å². The second-order valence-electron chi connectivity index (χ2n) is 6.64. The Kier molecular flexibility index (Phi) is 5.18. The molecule has 2 amide bonds. The third-order valence-corrected chi connectivity index (χ3v) is 4.87. The fourth-order valence-electron chi connectivity index (χ4n) is 3.40. The van der Waals surface area contributed by atoms with Gasteiger partial charge in [0.15, 0.2) is 0 Å². The van der Waals surface area contributed by atoms with E-state index in [9.17, 15) is 14.7 Å². The van der Waals surface area contributed by atoms with Crippen molar-refractivity contribution in [2.75, 3.05) is 19.6 Å². The number of rotatable bonds is 2. The van der Waals surface area contributed by atoms with Crippen LogP contribution in [-0.2, 0) is 22.7 Å². The summed E-state index contributed by atoms with van der Waals surface area (Å²) in [5.74, 6) is -0.791. The molecular formula is C17H26N4O3. The maximum atomic E-state index is 12.6. The SMILES string of the molecule is CCC(O)c1cc2n(n1)CCCN(C(=O)C(=O)N1CCCCC1)C2. The maximum absolute atomic E-state index is 12.6. The predicted octanol–water partition coefficient (Wildman–Crippen LogP) is 1.07. The quantitative estimate of drug-likeness (QED) is 0.821. The van der Waals surface area contributed by atoms with Crippen molar-refractivity contribution < 1.29 is 14.7 Å². The summed E-state index contributed by atoms with van der Waals surface area (Å²) in [5, 5.41) is 14.4. The van der Waals surface area contributed by atoms with Crippen LogP contribution in [-0.4, -0.2) is 56.1 Å². The van der Waals surface area contributed by atoms with Crippen LogP contribution >= 0.6 is 0 Å². The van der Waals surface area contributed by atoms with Gasteiger partial charge in [0.25, 0.3) is 0 Å². The summed E-state index contributed by atoms with van der Waals surface area (Å²) in [6, 6.07) is 1.85. The van der Waals surface area contributed by atoms with E-state index >= 15 is 0 Å². The van der Waals surface area contributed by atoms with Gasteiger partial charge < -0.3 is 14.9 Å². The van der Waals surface area contributed by atoms with Crippen molar-refractivity contribution in [1.29, 1.82) is 0 Å². The highest BCUT2D eigenvalue weighted by molar-refractivity contribution is 6.34. The first-order chi connectivity index (χ1) is 11.6. The number of hydrogen-bond donors (Lipinski definition) is 1. The molecule has 0 aromatic carbocycles. The van der Waals surface area contributed by atoms with Crippen LogP contribution in [0.2, 0.25) is 0 Å². The molecule has 7 nitrogen and oxygen atoms in total. The fraction of sp³-hybridized carbons (Fsp3) is 0.706. The lowest BCUT2D eigenvalue weighted by atomic mass is 10.1. The second kappa shape index (κ2) is 7.34. The van der Waals surface area contributed by atoms with Crippen molar-refractivity contribution in [2.24, 2.45) is 0 Å². The first-order valence-corrected chi connectivity index (χ1v) is 8.93. The van der Waals surface area contributed by atoms with E-state index < -0.39 is 12.0 Å². The molecule has 1 aromatic rings. The minimum absolute atomic E-state index is 0.377. The molecule has 1 N–H and O–H groups in total. The molecule has 2 aliphatic rings. The number of nitrogens with zero attached hydrogens (tertiary/aromatic N) is 4. The zero-order valence-corrected chi connectivity index (χ0v) is 14.3. The molecule has 0 saturated carbocycles. The number of carbonyl (C=O) groups is 2. The summed E-state index contributed by atoms with van der Waals surface area (Å²) in [6.45, 7) is 4.91. The topological polar surface area (TPSA) is 78.7 Å². The van der Waals surface area contributed by atoms with Crippen molar-refractivity contribution >= 4 is 11.8 Å². The number of piperidine rings is 1. The standard InChI is InChI=1S/C17H26N4O3/c1-2-15(22)14-11-13-12-20(9-6-10-21(13)18-14)17(24)16(23)19-7-4-3-5-8-19/h11,15,22H,2-10,12H2,1H3. The van der Waals surface area contributed by atoms with Crippen LogP contribution in [0.25, 0.3) is 0 Å². The van der Waals surface area contributed by atoms with Crippen LogP contribution in [0.5, 0.6) is 0 Å². The average molecular weight is 334 g/mol. The van der Waals surface area contributed by atoms with Gasteiger partial charge in [-0.2, -0.15) is 5.10 Å². The Hall–Kier alpha value is -1.89. The monoisotopic (exact) mass is 334 g/mol. The number of aryl methyl sites for hydroxylation is 1. The number of fused-ring (bicyclic) bond motifs is 1. The summed E-state index contributed by atoms with van der Waals surface area (Å²) in [6.07, 6.45) is 3.86. The van der Waals surface area contributed by atoms with E-state index in [1.807, 2.05) is 17.7 Å². The molecule has 3 rings (SSSR count). The van der Waals surface area contributed by atoms with Crippen molar-refractivity contribution in [3.05, 3.63) is 17.5 Å². The van der Waals surface area contributed by atoms with Crippen molar-refractivity contribution in [3.63, 3.8) is 0 Å². The summed E-state index contributed by atoms with van der Waals surface area (Å²) >= 11 is 0. The molecule has 7 heteroatoms. The zero-order valence-electron chi connectivity index (χ0n) is 14.3. The van der Waals surface area contributed by atoms with E-state index in [4.69, 9.17) is 0 Å². The molecule has 0 aliphatic carbocycles. The van der Waals surface area contributed by atoms with E-state index in [1.165, 1.54) is 0 Å². The third-order valence-electron chi connectivity index (χ3n) is 4.87. The van der Waals surface area contributed by atoms with Crippen LogP contribution in [0, 0.1) is 0 Å². The first kappa shape index (κ1) is 17.0. The molecule has 1 fully saturated rings. The Labute approximate surface area is 142 Å². The van der Waals surface area contributed by atoms with Gasteiger partial charge >= 0.3 is 11.8 Å². The van der Waals surface area contributed by atoms with Gasteiger partial charge in [0, 0.05) is 26.2 Å². The van der Waals surface area contributed by atoms with Crippen LogP contribution in [0.15, 0.2) is 6.07 Å². The van der Waals surface area contributed by atoms with Gasteiger partial charge in [-0.05, 0) is 38.2 Å². The minimum atomic E-state index is -0.580. The molecule has 1 aromatic heterocycles. The van der Waals surface area contributed by atoms with Crippen molar-refractivity contribution in [3.8, 4) is 0 Å². The molecule has 1 unspecified atom stereocenters. The predicted molar refractivity (Wildman–Crippen MR) is 87.9 cm³/mol. The summed E-state index contributed by atoms with van der Waals surface area (Å²) < 4.78 is 1.85. The largest absolute Gasteiger partial charge is 0.387 e. The summed E-state index contributed by atoms with van der Waals surface area (Å²) in [7, 11) is 0. The molecular weight excluding hydrogens is 308 g/mol. The number of likely N-dealkylation sites (tertiary alicyclic amines) is 1. The van der Waals surface area contributed by atoms with Gasteiger partial charge in [0.05, 0.1) is 24.0 Å². The number of carbonyl (C=O) groups excluding carboxylic acids is 2. The minimum Gasteiger partial charge on any atom is -0.387 e. The van der Waals surface area contributed by atoms with E-state index in [-0.39, 0.29) is 5.91 Å². The Morgan fingerprint density at radius 1 is 1.08 bits per heavy atom. The summed E-state index contributed by atoms with van der Waals surface area (Å²) in [5.41, 5.74) is 1.53. The van der Waals surface area contributed by atoms with Gasteiger partial charge in [-0.15, -0.1) is 0 Å². The normalized spacial score (nSPS) is 19.6. The van der Waals surface area contributed by atoms with Gasteiger partial charge in [-0.1, -0.05) is 6.92 Å². The fourth-order valence-corrected chi connectivity index (χ4v) is 3.40. The molecule has 0 spiro atoms. The van der Waals surface area contributed by atoms with E-state index in [0.29, 0.717) is 44.8 Å². The number of aliphatic hydroxyl groups is 1. The van der Waals surface area contributed by atoms with Crippen LogP contribution in [0.1, 0.15) is 56.5 Å². The van der Waals surface area contributed by atoms with Gasteiger partial charge in [-0.3, -0.25) is 14.3 Å². The molecule has 2 aliphatic heterocycles. The molecule has 1 atom stereocenters. The molecule has 1 saturated heterocycles. The van der Waals surface area contributed by atoms with E-state index in [2.05, 4.69) is 5.10 Å². The van der Waals surface area contributed by atoms with E-state index in [0.717, 1.165) is 31.4 Å². The maximum Gasteiger partial charge on any atom is 0.312 e. The van der Waals surface area contributed by atoms with Crippen LogP contribution in [0.4, 0.5) is 0 Å². The molecule has 0 radical (unpaired) electrons. The summed E-state index contributed by atoms with van der Waals surface area (Å²) in [4.78, 5) is 28.4. The van der Waals surface area contributed by atoms with Gasteiger partial charge in [0.1, 0.15) is 0 Å². The lowest BCUT2D eigenvalue weighted by Gasteiger charge is -2.28. The molecule has 24 heavy (non-hydrogen) atoms. The Bertz CT molecular complexity index is 607. The number of hydrogen-bond acceptors (Lipinski definition) is 4. The smallest absolute Gasteiger partial charge is 0.312 e. The lowest BCUT2D eigenvalue weighted by molar-refractivity contribution is -0.152. The van der Waals surface area contributed by atoms with Crippen molar-refractivity contribution in [1.82, 2.24) is 19.6 Å². The second-order valence-corrected chi connectivity index (χ2v) is 6.64.